The smallest absolute Gasteiger partial charge is 0.262 e. The van der Waals surface area contributed by atoms with Crippen molar-refractivity contribution in [2.75, 3.05) is 7.11 Å². The predicted octanol–water partition coefficient (Wildman–Crippen LogP) is 6.37. The minimum absolute atomic E-state index is 0.0502. The summed E-state index contributed by atoms with van der Waals surface area (Å²) in [4.78, 5) is 12.7. The quantitative estimate of drug-likeness (QED) is 0.300. The minimum atomic E-state index is -0.480. The van der Waals surface area contributed by atoms with E-state index in [0.717, 1.165) is 11.1 Å². The molecular weight excluding hydrogens is 459 g/mol. The molecule has 0 fully saturated rings. The molecule has 0 aliphatic carbocycles. The third-order valence-electron chi connectivity index (χ3n) is 4.87. The van der Waals surface area contributed by atoms with Crippen LogP contribution in [0, 0.1) is 11.3 Å². The van der Waals surface area contributed by atoms with Crippen LogP contribution in [0.25, 0.3) is 6.08 Å². The lowest BCUT2D eigenvalue weighted by Crippen LogP contribution is -2.27. The van der Waals surface area contributed by atoms with Gasteiger partial charge in [0.05, 0.1) is 18.2 Å². The van der Waals surface area contributed by atoms with Gasteiger partial charge in [-0.1, -0.05) is 65.7 Å². The van der Waals surface area contributed by atoms with E-state index in [4.69, 9.17) is 32.7 Å². The Morgan fingerprint density at radius 1 is 1.12 bits per heavy atom. The molecule has 5 nitrogen and oxygen atoms in total. The fraction of sp³-hybridized carbons (Fsp3) is 0.154. The third kappa shape index (κ3) is 6.52. The van der Waals surface area contributed by atoms with E-state index < -0.39 is 5.91 Å². The Kier molecular flexibility index (Phi) is 8.37. The van der Waals surface area contributed by atoms with Gasteiger partial charge < -0.3 is 14.8 Å². The van der Waals surface area contributed by atoms with E-state index in [1.807, 2.05) is 55.5 Å². The van der Waals surface area contributed by atoms with Crippen molar-refractivity contribution in [1.29, 1.82) is 5.26 Å². The zero-order valence-corrected chi connectivity index (χ0v) is 19.7. The molecule has 0 aliphatic rings. The SMILES string of the molecule is COc1cc(/C=C(\C#N)C(=O)N[C@@H](C)c2ccccc2)cc(Cl)c1OCc1ccc(Cl)cc1. The molecule has 0 radical (unpaired) electrons. The lowest BCUT2D eigenvalue weighted by molar-refractivity contribution is -0.117. The Balaban J connectivity index is 1.78. The van der Waals surface area contributed by atoms with Gasteiger partial charge >= 0.3 is 0 Å². The highest BCUT2D eigenvalue weighted by Crippen LogP contribution is 2.37. The van der Waals surface area contributed by atoms with Crippen LogP contribution >= 0.6 is 23.2 Å². The van der Waals surface area contributed by atoms with Gasteiger partial charge in [0.1, 0.15) is 18.2 Å². The summed E-state index contributed by atoms with van der Waals surface area (Å²) >= 11 is 12.4. The second-order valence-corrected chi connectivity index (χ2v) is 8.07. The number of nitrogens with zero attached hydrogens (tertiary/aromatic N) is 1. The Morgan fingerprint density at radius 3 is 2.45 bits per heavy atom. The molecule has 0 heterocycles. The first-order valence-electron chi connectivity index (χ1n) is 10.1. The molecule has 0 saturated heterocycles. The van der Waals surface area contributed by atoms with Gasteiger partial charge in [0.25, 0.3) is 5.91 Å². The summed E-state index contributed by atoms with van der Waals surface area (Å²) in [5.74, 6) is 0.275. The van der Waals surface area contributed by atoms with Crippen molar-refractivity contribution < 1.29 is 14.3 Å². The topological polar surface area (TPSA) is 71.3 Å². The minimum Gasteiger partial charge on any atom is -0.493 e. The van der Waals surface area contributed by atoms with Crippen molar-refractivity contribution in [3.8, 4) is 17.6 Å². The monoisotopic (exact) mass is 480 g/mol. The first-order valence-corrected chi connectivity index (χ1v) is 10.9. The van der Waals surface area contributed by atoms with Crippen molar-refractivity contribution in [3.63, 3.8) is 0 Å². The Morgan fingerprint density at radius 2 is 1.82 bits per heavy atom. The van der Waals surface area contributed by atoms with Crippen molar-refractivity contribution in [2.24, 2.45) is 0 Å². The summed E-state index contributed by atoms with van der Waals surface area (Å²) in [6.07, 6.45) is 1.46. The predicted molar refractivity (Wildman–Crippen MR) is 130 cm³/mol. The van der Waals surface area contributed by atoms with Crippen molar-refractivity contribution >= 4 is 35.2 Å². The second-order valence-electron chi connectivity index (χ2n) is 7.22. The summed E-state index contributed by atoms with van der Waals surface area (Å²) < 4.78 is 11.3. The van der Waals surface area contributed by atoms with Gasteiger partial charge in [0.2, 0.25) is 0 Å². The van der Waals surface area contributed by atoms with Crippen molar-refractivity contribution in [3.05, 3.63) is 99.0 Å². The van der Waals surface area contributed by atoms with Gasteiger partial charge in [-0.05, 0) is 54.0 Å². The number of benzene rings is 3. The van der Waals surface area contributed by atoms with Crippen LogP contribution in [0.15, 0.2) is 72.3 Å². The lowest BCUT2D eigenvalue weighted by Gasteiger charge is -2.15. The number of methoxy groups -OCH3 is 1. The summed E-state index contributed by atoms with van der Waals surface area (Å²) in [6.45, 7) is 2.13. The third-order valence-corrected chi connectivity index (χ3v) is 5.40. The molecule has 168 valence electrons. The van der Waals surface area contributed by atoms with Gasteiger partial charge in [0.15, 0.2) is 11.5 Å². The van der Waals surface area contributed by atoms with Crippen LogP contribution in [-0.4, -0.2) is 13.0 Å². The molecule has 1 amide bonds. The standard InChI is InChI=1S/C26H22Cl2N2O3/c1-17(20-6-4-3-5-7-20)30-26(31)21(15-29)12-19-13-23(28)25(24(14-19)32-2)33-16-18-8-10-22(27)11-9-18/h3-14,17H,16H2,1-2H3,(H,30,31)/b21-12+/t17-/m0/s1. The first-order chi connectivity index (χ1) is 15.9. The van der Waals surface area contributed by atoms with Crippen molar-refractivity contribution in [2.45, 2.75) is 19.6 Å². The molecule has 33 heavy (non-hydrogen) atoms. The number of carbonyl (C=O) groups excluding carboxylic acids is 1. The van der Waals surface area contributed by atoms with E-state index in [2.05, 4.69) is 5.32 Å². The maximum atomic E-state index is 12.7. The van der Waals surface area contributed by atoms with E-state index in [-0.39, 0.29) is 18.2 Å². The lowest BCUT2D eigenvalue weighted by atomic mass is 10.1. The van der Waals surface area contributed by atoms with E-state index in [1.54, 1.807) is 24.3 Å². The number of rotatable bonds is 8. The van der Waals surface area contributed by atoms with Crippen LogP contribution < -0.4 is 14.8 Å². The molecule has 0 aromatic heterocycles. The normalized spacial score (nSPS) is 11.9. The second kappa shape index (κ2) is 11.4. The highest BCUT2D eigenvalue weighted by molar-refractivity contribution is 6.32. The zero-order chi connectivity index (χ0) is 23.8. The number of nitrogens with one attached hydrogen (secondary N) is 1. The maximum Gasteiger partial charge on any atom is 0.262 e. The summed E-state index contributed by atoms with van der Waals surface area (Å²) in [6, 6.07) is 21.8. The van der Waals surface area contributed by atoms with E-state index in [9.17, 15) is 10.1 Å². The molecule has 0 bridgehead atoms. The average molecular weight is 481 g/mol. The number of hydrogen-bond donors (Lipinski definition) is 1. The summed E-state index contributed by atoms with van der Waals surface area (Å²) in [7, 11) is 1.49. The largest absolute Gasteiger partial charge is 0.493 e. The molecule has 3 rings (SSSR count). The molecule has 3 aromatic carbocycles. The summed E-state index contributed by atoms with van der Waals surface area (Å²) in [5.41, 5.74) is 2.34. The number of carbonyl (C=O) groups is 1. The van der Waals surface area contributed by atoms with Crippen LogP contribution in [0.1, 0.15) is 29.7 Å². The number of halogens is 2. The van der Waals surface area contributed by atoms with E-state index in [1.165, 1.54) is 13.2 Å². The molecule has 0 aliphatic heterocycles. The highest BCUT2D eigenvalue weighted by atomic mass is 35.5. The average Bonchev–Trinajstić information content (AvgIpc) is 2.83. The number of nitriles is 1. The molecule has 0 spiro atoms. The van der Waals surface area contributed by atoms with Crippen LogP contribution in [0.4, 0.5) is 0 Å². The van der Waals surface area contributed by atoms with Gasteiger partial charge in [-0.2, -0.15) is 5.26 Å². The number of hydrogen-bond acceptors (Lipinski definition) is 4. The maximum absolute atomic E-state index is 12.7. The summed E-state index contributed by atoms with van der Waals surface area (Å²) in [5, 5.41) is 13.3. The van der Waals surface area contributed by atoms with E-state index >= 15 is 0 Å². The van der Waals surface area contributed by atoms with Crippen LogP contribution in [-0.2, 0) is 11.4 Å². The zero-order valence-electron chi connectivity index (χ0n) is 18.1. The van der Waals surface area contributed by atoms with Gasteiger partial charge in [0, 0.05) is 5.02 Å². The Labute approximate surface area is 203 Å². The van der Waals surface area contributed by atoms with Gasteiger partial charge in [-0.3, -0.25) is 4.79 Å². The van der Waals surface area contributed by atoms with Crippen LogP contribution in [0.2, 0.25) is 10.0 Å². The molecule has 1 N–H and O–H groups in total. The fourth-order valence-electron chi connectivity index (χ4n) is 3.11. The number of ether oxygens (including phenoxy) is 2. The highest BCUT2D eigenvalue weighted by Gasteiger charge is 2.16. The Hall–Kier alpha value is -3.46. The first kappa shape index (κ1) is 24.2. The van der Waals surface area contributed by atoms with Crippen LogP contribution in [0.5, 0.6) is 11.5 Å². The molecule has 0 unspecified atom stereocenters. The molecule has 7 heteroatoms. The number of amides is 1. The van der Waals surface area contributed by atoms with Gasteiger partial charge in [-0.15, -0.1) is 0 Å². The fourth-order valence-corrected chi connectivity index (χ4v) is 3.51. The molecule has 1 atom stereocenters. The van der Waals surface area contributed by atoms with Gasteiger partial charge in [-0.25, -0.2) is 0 Å². The molecular formula is C26H22Cl2N2O3. The Bertz CT molecular complexity index is 1190. The van der Waals surface area contributed by atoms with Crippen molar-refractivity contribution in [1.82, 2.24) is 5.32 Å². The molecule has 0 saturated carbocycles. The van der Waals surface area contributed by atoms with E-state index in [0.29, 0.717) is 27.1 Å². The van der Waals surface area contributed by atoms with Crippen LogP contribution in [0.3, 0.4) is 0 Å². The molecule has 3 aromatic rings.